The molecule has 0 bridgehead atoms. The van der Waals surface area contributed by atoms with Crippen LogP contribution in [-0.2, 0) is 10.0 Å². The Balaban J connectivity index is 1.78. The van der Waals surface area contributed by atoms with Gasteiger partial charge in [-0.2, -0.15) is 5.10 Å². The van der Waals surface area contributed by atoms with Crippen LogP contribution in [0.15, 0.2) is 82.8 Å². The monoisotopic (exact) mass is 482 g/mol. The quantitative estimate of drug-likeness (QED) is 0.247. The van der Waals surface area contributed by atoms with Crippen molar-refractivity contribution < 1.29 is 22.8 Å². The first-order valence-electron chi connectivity index (χ1n) is 9.88. The first kappa shape index (κ1) is 24.3. The molecule has 176 valence electrons. The molecule has 0 aromatic heterocycles. The molecule has 0 aliphatic carbocycles. The Morgan fingerprint density at radius 2 is 1.62 bits per heavy atom. The molecular weight excluding hydrogens is 460 g/mol. The summed E-state index contributed by atoms with van der Waals surface area (Å²) in [6.07, 6.45) is 4.80. The molecule has 3 aromatic rings. The summed E-state index contributed by atoms with van der Waals surface area (Å²) in [5, 5.41) is 15.5. The summed E-state index contributed by atoms with van der Waals surface area (Å²) in [4.78, 5) is 10.6. The normalized spacial score (nSPS) is 11.5. The average molecular weight is 483 g/mol. The third kappa shape index (κ3) is 5.90. The highest BCUT2D eigenvalue weighted by Gasteiger charge is 2.22. The number of nitrogens with one attached hydrogen (secondary N) is 2. The smallest absolute Gasteiger partial charge is 0.295 e. The Hall–Kier alpha value is -4.38. The zero-order chi connectivity index (χ0) is 24.6. The molecule has 11 heteroatoms. The number of benzene rings is 3. The van der Waals surface area contributed by atoms with Gasteiger partial charge in [-0.05, 0) is 42.5 Å². The molecule has 0 radical (unpaired) electrons. The highest BCUT2D eigenvalue weighted by molar-refractivity contribution is 7.92. The number of hydrogen-bond acceptors (Lipinski definition) is 8. The van der Waals surface area contributed by atoms with Gasteiger partial charge in [-0.3, -0.25) is 20.3 Å². The fourth-order valence-electron chi connectivity index (χ4n) is 2.96. The van der Waals surface area contributed by atoms with Crippen molar-refractivity contribution in [1.29, 1.82) is 0 Å². The van der Waals surface area contributed by atoms with Crippen molar-refractivity contribution >= 4 is 39.4 Å². The van der Waals surface area contributed by atoms with E-state index in [-0.39, 0.29) is 16.3 Å². The maximum atomic E-state index is 12.8. The summed E-state index contributed by atoms with van der Waals surface area (Å²) in [7, 11) is -1.13. The number of rotatable bonds is 10. The maximum Gasteiger partial charge on any atom is 0.295 e. The molecule has 0 heterocycles. The van der Waals surface area contributed by atoms with Gasteiger partial charge in [0.1, 0.15) is 17.2 Å². The molecule has 0 saturated heterocycles. The van der Waals surface area contributed by atoms with Crippen LogP contribution in [0.1, 0.15) is 5.56 Å². The summed E-state index contributed by atoms with van der Waals surface area (Å²) < 4.78 is 38.3. The third-order valence-corrected chi connectivity index (χ3v) is 5.95. The summed E-state index contributed by atoms with van der Waals surface area (Å²) in [5.41, 5.74) is 3.19. The summed E-state index contributed by atoms with van der Waals surface area (Å²) in [6.45, 7) is 0. The van der Waals surface area contributed by atoms with Gasteiger partial charge < -0.3 is 9.47 Å². The van der Waals surface area contributed by atoms with E-state index in [0.717, 1.165) is 11.6 Å². The minimum atomic E-state index is -4.11. The Kier molecular flexibility index (Phi) is 7.83. The van der Waals surface area contributed by atoms with Crippen molar-refractivity contribution in [3.05, 3.63) is 88.5 Å². The number of methoxy groups -OCH3 is 2. The third-order valence-electron chi connectivity index (χ3n) is 4.59. The van der Waals surface area contributed by atoms with Crippen LogP contribution in [0.5, 0.6) is 11.5 Å². The van der Waals surface area contributed by atoms with E-state index in [1.165, 1.54) is 31.5 Å². The largest absolute Gasteiger partial charge is 0.496 e. The predicted octanol–water partition coefficient (Wildman–Crippen LogP) is 4.52. The van der Waals surface area contributed by atoms with Crippen LogP contribution in [-0.4, -0.2) is 33.8 Å². The van der Waals surface area contributed by atoms with Crippen LogP contribution >= 0.6 is 0 Å². The van der Waals surface area contributed by atoms with Crippen molar-refractivity contribution in [2.75, 3.05) is 24.4 Å². The minimum absolute atomic E-state index is 0.0307. The summed E-state index contributed by atoms with van der Waals surface area (Å²) in [6, 6.07) is 17.3. The number of nitro benzene ring substituents is 1. The average Bonchev–Trinajstić information content (AvgIpc) is 2.84. The van der Waals surface area contributed by atoms with Crippen molar-refractivity contribution in [2.24, 2.45) is 5.10 Å². The Morgan fingerprint density at radius 1 is 0.941 bits per heavy atom. The number of anilines is 2. The second kappa shape index (κ2) is 11.0. The molecule has 10 nitrogen and oxygen atoms in total. The van der Waals surface area contributed by atoms with Gasteiger partial charge in [-0.15, -0.1) is 0 Å². The minimum Gasteiger partial charge on any atom is -0.496 e. The zero-order valence-electron chi connectivity index (χ0n) is 18.3. The van der Waals surface area contributed by atoms with Gasteiger partial charge in [0.2, 0.25) is 0 Å². The molecular formula is C23H22N4O6S. The van der Waals surface area contributed by atoms with Crippen molar-refractivity contribution in [3.8, 4) is 11.5 Å². The van der Waals surface area contributed by atoms with Crippen LogP contribution in [0.3, 0.4) is 0 Å². The maximum absolute atomic E-state index is 12.8. The van der Waals surface area contributed by atoms with Crippen molar-refractivity contribution in [2.45, 2.75) is 4.90 Å². The topological polar surface area (TPSA) is 132 Å². The van der Waals surface area contributed by atoms with Gasteiger partial charge in [0.05, 0.1) is 29.7 Å². The first-order chi connectivity index (χ1) is 16.4. The molecule has 0 unspecified atom stereocenters. The molecule has 3 aromatic carbocycles. The van der Waals surface area contributed by atoms with Crippen LogP contribution in [0, 0.1) is 10.1 Å². The standard InChI is InChI=1S/C23H22N4O6S/c1-32-22-11-5-3-8-17(22)9-7-15-24-25-19-14-13-18(16-21(19)27(28)29)34(30,31)26-20-10-4-6-12-23(20)33-2/h3-16,25-26H,1-2H3/b9-7+,24-15+. The number of nitro groups is 1. The second-order valence-corrected chi connectivity index (χ2v) is 8.42. The molecule has 0 fully saturated rings. The molecule has 2 N–H and O–H groups in total. The van der Waals surface area contributed by atoms with E-state index < -0.39 is 20.6 Å². The fraction of sp³-hybridized carbons (Fsp3) is 0.0870. The van der Waals surface area contributed by atoms with E-state index in [4.69, 9.17) is 9.47 Å². The van der Waals surface area contributed by atoms with Crippen molar-refractivity contribution in [1.82, 2.24) is 0 Å². The number of hydrazone groups is 1. The molecule has 0 spiro atoms. The number of para-hydroxylation sites is 3. The zero-order valence-corrected chi connectivity index (χ0v) is 19.2. The van der Waals surface area contributed by atoms with E-state index in [1.807, 2.05) is 24.3 Å². The lowest BCUT2D eigenvalue weighted by atomic mass is 10.2. The molecule has 0 amide bonds. The fourth-order valence-corrected chi connectivity index (χ4v) is 4.05. The lowest BCUT2D eigenvalue weighted by Crippen LogP contribution is -2.14. The van der Waals surface area contributed by atoms with Gasteiger partial charge in [0.15, 0.2) is 0 Å². The SMILES string of the molecule is COc1ccccc1/C=C/C=N/Nc1ccc(S(=O)(=O)Nc2ccccc2OC)cc1[N+](=O)[O-]. The molecule has 0 atom stereocenters. The number of allylic oxidation sites excluding steroid dienone is 1. The van der Waals surface area contributed by atoms with Gasteiger partial charge >= 0.3 is 0 Å². The Labute approximate surface area is 196 Å². The molecule has 0 aliphatic heterocycles. The van der Waals surface area contributed by atoms with E-state index >= 15 is 0 Å². The number of sulfonamides is 1. The Morgan fingerprint density at radius 3 is 2.32 bits per heavy atom. The summed E-state index contributed by atoms with van der Waals surface area (Å²) in [5.74, 6) is 1.00. The van der Waals surface area contributed by atoms with Crippen LogP contribution in [0.4, 0.5) is 17.1 Å². The lowest BCUT2D eigenvalue weighted by Gasteiger charge is -2.12. The molecule has 0 saturated carbocycles. The first-order valence-corrected chi connectivity index (χ1v) is 11.4. The summed E-state index contributed by atoms with van der Waals surface area (Å²) >= 11 is 0. The van der Waals surface area contributed by atoms with Crippen molar-refractivity contribution in [3.63, 3.8) is 0 Å². The second-order valence-electron chi connectivity index (χ2n) is 6.73. The van der Waals surface area contributed by atoms with E-state index in [0.29, 0.717) is 11.5 Å². The predicted molar refractivity (Wildman–Crippen MR) is 131 cm³/mol. The van der Waals surface area contributed by atoms with Gasteiger partial charge in [0, 0.05) is 17.8 Å². The highest BCUT2D eigenvalue weighted by Crippen LogP contribution is 2.30. The van der Waals surface area contributed by atoms with Gasteiger partial charge in [-0.1, -0.05) is 30.3 Å². The molecule has 0 aliphatic rings. The van der Waals surface area contributed by atoms with Crippen LogP contribution in [0.25, 0.3) is 6.08 Å². The van der Waals surface area contributed by atoms with E-state index in [1.54, 1.807) is 37.5 Å². The van der Waals surface area contributed by atoms with Gasteiger partial charge in [-0.25, -0.2) is 8.42 Å². The van der Waals surface area contributed by atoms with Crippen LogP contribution in [0.2, 0.25) is 0 Å². The van der Waals surface area contributed by atoms with Crippen LogP contribution < -0.4 is 19.6 Å². The van der Waals surface area contributed by atoms with E-state index in [2.05, 4.69) is 15.2 Å². The Bertz CT molecular complexity index is 1340. The number of nitrogens with zero attached hydrogens (tertiary/aromatic N) is 2. The van der Waals surface area contributed by atoms with Gasteiger partial charge in [0.25, 0.3) is 15.7 Å². The highest BCUT2D eigenvalue weighted by atomic mass is 32.2. The lowest BCUT2D eigenvalue weighted by molar-refractivity contribution is -0.384. The van der Waals surface area contributed by atoms with E-state index in [9.17, 15) is 18.5 Å². The number of ether oxygens (including phenoxy) is 2. The molecule has 34 heavy (non-hydrogen) atoms. The molecule has 3 rings (SSSR count). The number of hydrogen-bond donors (Lipinski definition) is 2.